The Morgan fingerprint density at radius 1 is 0.955 bits per heavy atom. The predicted molar refractivity (Wildman–Crippen MR) is 87.3 cm³/mol. The molecule has 22 heavy (non-hydrogen) atoms. The number of nitrogens with one attached hydrogen (secondary N) is 1. The molecule has 2 saturated heterocycles. The molecular formula is C17H20N2O2S. The van der Waals surface area contributed by atoms with Crippen LogP contribution in [0.25, 0.3) is 10.8 Å². The van der Waals surface area contributed by atoms with Crippen LogP contribution in [-0.2, 0) is 10.0 Å². The van der Waals surface area contributed by atoms with Crippen molar-refractivity contribution in [3.05, 3.63) is 42.5 Å². The molecule has 0 radical (unpaired) electrons. The Morgan fingerprint density at radius 2 is 1.73 bits per heavy atom. The Morgan fingerprint density at radius 3 is 2.64 bits per heavy atom. The highest BCUT2D eigenvalue weighted by molar-refractivity contribution is 7.89. The fourth-order valence-corrected chi connectivity index (χ4v) is 5.40. The van der Waals surface area contributed by atoms with E-state index in [0.717, 1.165) is 23.6 Å². The molecule has 0 saturated carbocycles. The highest BCUT2D eigenvalue weighted by Gasteiger charge is 2.35. The van der Waals surface area contributed by atoms with Gasteiger partial charge in [0.15, 0.2) is 0 Å². The average Bonchev–Trinajstić information content (AvgIpc) is 2.85. The van der Waals surface area contributed by atoms with Crippen LogP contribution in [0.2, 0.25) is 0 Å². The first kappa shape index (κ1) is 14.2. The van der Waals surface area contributed by atoms with Crippen LogP contribution in [0.4, 0.5) is 0 Å². The molecule has 2 aliphatic rings. The molecule has 0 amide bonds. The van der Waals surface area contributed by atoms with Crippen molar-refractivity contribution in [1.82, 2.24) is 9.62 Å². The minimum absolute atomic E-state index is 0.303. The van der Waals surface area contributed by atoms with Gasteiger partial charge in [-0.15, -0.1) is 0 Å². The number of benzene rings is 2. The Hall–Kier alpha value is -1.43. The Balaban J connectivity index is 1.76. The summed E-state index contributed by atoms with van der Waals surface area (Å²) in [5.41, 5.74) is 0. The van der Waals surface area contributed by atoms with E-state index < -0.39 is 10.0 Å². The van der Waals surface area contributed by atoms with Crippen molar-refractivity contribution in [3.63, 3.8) is 0 Å². The van der Waals surface area contributed by atoms with Crippen LogP contribution in [-0.4, -0.2) is 37.9 Å². The first-order valence-corrected chi connectivity index (χ1v) is 9.32. The molecule has 4 rings (SSSR count). The number of hydrogen-bond donors (Lipinski definition) is 1. The van der Waals surface area contributed by atoms with Gasteiger partial charge >= 0.3 is 0 Å². The Bertz CT molecular complexity index is 798. The van der Waals surface area contributed by atoms with Crippen molar-refractivity contribution in [2.75, 3.05) is 13.1 Å². The van der Waals surface area contributed by atoms with Crippen molar-refractivity contribution in [2.45, 2.75) is 36.2 Å². The molecule has 2 atom stereocenters. The molecule has 0 aliphatic carbocycles. The standard InChI is InChI=1S/C17H20N2O2S/c20-22(21,19-11-10-14-8-9-15(12-19)18-14)17-7-3-5-13-4-1-2-6-16(13)17/h1-7,14-15,18H,8-12H2. The molecule has 2 aromatic rings. The summed E-state index contributed by atoms with van der Waals surface area (Å²) in [6.07, 6.45) is 3.15. The molecule has 2 fully saturated rings. The lowest BCUT2D eigenvalue weighted by atomic mass is 10.1. The average molecular weight is 316 g/mol. The van der Waals surface area contributed by atoms with Gasteiger partial charge in [-0.25, -0.2) is 8.42 Å². The molecule has 5 heteroatoms. The van der Waals surface area contributed by atoms with Crippen molar-refractivity contribution in [1.29, 1.82) is 0 Å². The van der Waals surface area contributed by atoms with Gasteiger partial charge in [-0.05, 0) is 30.7 Å². The van der Waals surface area contributed by atoms with Gasteiger partial charge in [-0.3, -0.25) is 0 Å². The first-order valence-electron chi connectivity index (χ1n) is 7.88. The van der Waals surface area contributed by atoms with Gasteiger partial charge in [-0.2, -0.15) is 4.31 Å². The lowest BCUT2D eigenvalue weighted by Crippen LogP contribution is -2.39. The van der Waals surface area contributed by atoms with Crippen molar-refractivity contribution < 1.29 is 8.42 Å². The van der Waals surface area contributed by atoms with Crippen LogP contribution in [0.5, 0.6) is 0 Å². The van der Waals surface area contributed by atoms with E-state index in [4.69, 9.17) is 0 Å². The summed E-state index contributed by atoms with van der Waals surface area (Å²) >= 11 is 0. The van der Waals surface area contributed by atoms with Gasteiger partial charge in [0, 0.05) is 30.6 Å². The van der Waals surface area contributed by atoms with E-state index in [0.29, 0.717) is 30.1 Å². The maximum Gasteiger partial charge on any atom is 0.243 e. The molecule has 2 aromatic carbocycles. The van der Waals surface area contributed by atoms with Crippen LogP contribution in [0.15, 0.2) is 47.4 Å². The molecule has 4 nitrogen and oxygen atoms in total. The second-order valence-electron chi connectivity index (χ2n) is 6.27. The topological polar surface area (TPSA) is 49.4 Å². The zero-order valence-corrected chi connectivity index (χ0v) is 13.2. The summed E-state index contributed by atoms with van der Waals surface area (Å²) in [6.45, 7) is 1.20. The van der Waals surface area contributed by atoms with Gasteiger partial charge < -0.3 is 5.32 Å². The normalized spacial score (nSPS) is 26.2. The highest BCUT2D eigenvalue weighted by atomic mass is 32.2. The number of hydrogen-bond acceptors (Lipinski definition) is 3. The summed E-state index contributed by atoms with van der Waals surface area (Å²) in [5.74, 6) is 0. The molecule has 1 N–H and O–H groups in total. The molecule has 116 valence electrons. The van der Waals surface area contributed by atoms with E-state index in [1.54, 1.807) is 10.4 Å². The minimum atomic E-state index is -3.44. The summed E-state index contributed by atoms with van der Waals surface area (Å²) in [7, 11) is -3.44. The molecule has 2 aliphatic heterocycles. The molecule has 2 unspecified atom stereocenters. The van der Waals surface area contributed by atoms with Gasteiger partial charge in [0.25, 0.3) is 0 Å². The summed E-state index contributed by atoms with van der Waals surface area (Å²) in [6, 6.07) is 14.0. The number of nitrogens with zero attached hydrogens (tertiary/aromatic N) is 1. The SMILES string of the molecule is O=S(=O)(c1cccc2ccccc12)N1CCC2CCC(C1)N2. The van der Waals surface area contributed by atoms with E-state index in [9.17, 15) is 8.42 Å². The number of sulfonamides is 1. The van der Waals surface area contributed by atoms with Crippen LogP contribution >= 0.6 is 0 Å². The quantitative estimate of drug-likeness (QED) is 0.925. The Labute approximate surface area is 131 Å². The maximum atomic E-state index is 13.1. The first-order chi connectivity index (χ1) is 10.6. The maximum absolute atomic E-state index is 13.1. The summed E-state index contributed by atoms with van der Waals surface area (Å²) in [5, 5.41) is 5.32. The fraction of sp³-hybridized carbons (Fsp3) is 0.412. The molecule has 2 bridgehead atoms. The van der Waals surface area contributed by atoms with Crippen LogP contribution in [0.3, 0.4) is 0 Å². The van der Waals surface area contributed by atoms with E-state index in [2.05, 4.69) is 5.32 Å². The lowest BCUT2D eigenvalue weighted by molar-refractivity contribution is 0.384. The third kappa shape index (κ3) is 2.33. The van der Waals surface area contributed by atoms with Gasteiger partial charge in [0.2, 0.25) is 10.0 Å². The second kappa shape index (κ2) is 5.33. The summed E-state index contributed by atoms with van der Waals surface area (Å²) < 4.78 is 27.9. The van der Waals surface area contributed by atoms with Crippen LogP contribution in [0, 0.1) is 0 Å². The van der Waals surface area contributed by atoms with Gasteiger partial charge in [0.05, 0.1) is 4.90 Å². The van der Waals surface area contributed by atoms with E-state index >= 15 is 0 Å². The highest BCUT2D eigenvalue weighted by Crippen LogP contribution is 2.29. The summed E-state index contributed by atoms with van der Waals surface area (Å²) in [4.78, 5) is 0.434. The molecular weight excluding hydrogens is 296 g/mol. The second-order valence-corrected chi connectivity index (χ2v) is 8.17. The molecule has 0 aromatic heterocycles. The Kier molecular flexibility index (Phi) is 3.44. The smallest absolute Gasteiger partial charge is 0.243 e. The monoisotopic (exact) mass is 316 g/mol. The molecule has 0 spiro atoms. The third-order valence-electron chi connectivity index (χ3n) is 4.85. The van der Waals surface area contributed by atoms with E-state index in [-0.39, 0.29) is 0 Å². The number of fused-ring (bicyclic) bond motifs is 3. The molecule has 2 heterocycles. The zero-order valence-electron chi connectivity index (χ0n) is 12.4. The zero-order chi connectivity index (χ0) is 15.2. The van der Waals surface area contributed by atoms with Crippen molar-refractivity contribution in [2.24, 2.45) is 0 Å². The minimum Gasteiger partial charge on any atom is -0.310 e. The van der Waals surface area contributed by atoms with E-state index in [1.165, 1.54) is 6.42 Å². The third-order valence-corrected chi connectivity index (χ3v) is 6.78. The lowest BCUT2D eigenvalue weighted by Gasteiger charge is -2.24. The van der Waals surface area contributed by atoms with Crippen LogP contribution < -0.4 is 5.32 Å². The largest absolute Gasteiger partial charge is 0.310 e. The number of rotatable bonds is 2. The van der Waals surface area contributed by atoms with Crippen molar-refractivity contribution >= 4 is 20.8 Å². The van der Waals surface area contributed by atoms with Gasteiger partial charge in [0.1, 0.15) is 0 Å². The fourth-order valence-electron chi connectivity index (χ4n) is 3.69. The van der Waals surface area contributed by atoms with E-state index in [1.807, 2.05) is 36.4 Å². The van der Waals surface area contributed by atoms with Gasteiger partial charge in [-0.1, -0.05) is 36.4 Å². The predicted octanol–water partition coefficient (Wildman–Crippen LogP) is 2.35. The van der Waals surface area contributed by atoms with Crippen molar-refractivity contribution in [3.8, 4) is 0 Å². The van der Waals surface area contributed by atoms with Crippen LogP contribution in [0.1, 0.15) is 19.3 Å².